The van der Waals surface area contributed by atoms with Gasteiger partial charge in [0.25, 0.3) is 0 Å². The number of rotatable bonds is 9. The standard InChI is InChI=1S/C14H25NO/c1-3-4-5-6-7-8-11-15-13(2)14-10-9-12-16-14/h9-10,12-13,15H,3-8,11H2,1-2H3/t13-/m0/s1. The summed E-state index contributed by atoms with van der Waals surface area (Å²) < 4.78 is 5.34. The van der Waals surface area contributed by atoms with Crippen LogP contribution < -0.4 is 5.32 Å². The second-order valence-corrected chi connectivity index (χ2v) is 4.46. The van der Waals surface area contributed by atoms with E-state index in [1.165, 1.54) is 38.5 Å². The van der Waals surface area contributed by atoms with Crippen LogP contribution in [-0.4, -0.2) is 6.54 Å². The van der Waals surface area contributed by atoms with Crippen LogP contribution in [0.1, 0.15) is 64.2 Å². The maximum absolute atomic E-state index is 5.34. The third-order valence-electron chi connectivity index (χ3n) is 2.95. The number of hydrogen-bond acceptors (Lipinski definition) is 2. The molecule has 1 rings (SSSR count). The molecule has 0 saturated carbocycles. The van der Waals surface area contributed by atoms with Crippen LogP contribution in [0.5, 0.6) is 0 Å². The second kappa shape index (κ2) is 8.40. The van der Waals surface area contributed by atoms with Gasteiger partial charge in [-0.1, -0.05) is 39.0 Å². The molecule has 16 heavy (non-hydrogen) atoms. The predicted octanol–water partition coefficient (Wildman–Crippen LogP) is 4.29. The lowest BCUT2D eigenvalue weighted by atomic mass is 10.1. The molecule has 1 atom stereocenters. The molecule has 0 unspecified atom stereocenters. The minimum atomic E-state index is 0.339. The Balaban J connectivity index is 1.95. The molecule has 0 aliphatic heterocycles. The molecule has 1 aromatic heterocycles. The van der Waals surface area contributed by atoms with Crippen LogP contribution in [-0.2, 0) is 0 Å². The molecular weight excluding hydrogens is 198 g/mol. The lowest BCUT2D eigenvalue weighted by Gasteiger charge is -2.10. The largest absolute Gasteiger partial charge is 0.468 e. The molecular formula is C14H25NO. The number of unbranched alkanes of at least 4 members (excludes halogenated alkanes) is 5. The van der Waals surface area contributed by atoms with Gasteiger partial charge in [-0.2, -0.15) is 0 Å². The molecule has 0 aliphatic carbocycles. The Kier molecular flexibility index (Phi) is 6.98. The molecule has 0 saturated heterocycles. The minimum absolute atomic E-state index is 0.339. The molecule has 0 amide bonds. The van der Waals surface area contributed by atoms with Crippen molar-refractivity contribution in [3.8, 4) is 0 Å². The Morgan fingerprint density at radius 2 is 1.94 bits per heavy atom. The van der Waals surface area contributed by atoms with Crippen molar-refractivity contribution >= 4 is 0 Å². The maximum Gasteiger partial charge on any atom is 0.120 e. The van der Waals surface area contributed by atoms with Crippen LogP contribution in [0, 0.1) is 0 Å². The first-order valence-electron chi connectivity index (χ1n) is 6.61. The summed E-state index contributed by atoms with van der Waals surface area (Å²) in [7, 11) is 0. The van der Waals surface area contributed by atoms with Crippen LogP contribution in [0.4, 0.5) is 0 Å². The second-order valence-electron chi connectivity index (χ2n) is 4.46. The normalized spacial score (nSPS) is 12.9. The summed E-state index contributed by atoms with van der Waals surface area (Å²) in [5, 5.41) is 3.48. The molecule has 1 aromatic rings. The molecule has 0 aromatic carbocycles. The van der Waals surface area contributed by atoms with Gasteiger partial charge in [-0.3, -0.25) is 0 Å². The first kappa shape index (κ1) is 13.3. The molecule has 2 nitrogen and oxygen atoms in total. The number of furan rings is 1. The monoisotopic (exact) mass is 223 g/mol. The topological polar surface area (TPSA) is 25.2 Å². The zero-order valence-corrected chi connectivity index (χ0v) is 10.7. The summed E-state index contributed by atoms with van der Waals surface area (Å²) in [5.41, 5.74) is 0. The van der Waals surface area contributed by atoms with Crippen LogP contribution >= 0.6 is 0 Å². The van der Waals surface area contributed by atoms with E-state index in [0.717, 1.165) is 12.3 Å². The number of nitrogens with one attached hydrogen (secondary N) is 1. The van der Waals surface area contributed by atoms with E-state index in [1.54, 1.807) is 6.26 Å². The van der Waals surface area contributed by atoms with Crippen LogP contribution in [0.2, 0.25) is 0 Å². The Labute approximate surface area is 99.4 Å². The zero-order chi connectivity index (χ0) is 11.6. The zero-order valence-electron chi connectivity index (χ0n) is 10.7. The van der Waals surface area contributed by atoms with E-state index >= 15 is 0 Å². The minimum Gasteiger partial charge on any atom is -0.468 e. The van der Waals surface area contributed by atoms with Gasteiger partial charge < -0.3 is 9.73 Å². The van der Waals surface area contributed by atoms with E-state index in [4.69, 9.17) is 4.42 Å². The molecule has 2 heteroatoms. The lowest BCUT2D eigenvalue weighted by Crippen LogP contribution is -2.19. The van der Waals surface area contributed by atoms with Gasteiger partial charge in [-0.25, -0.2) is 0 Å². The summed E-state index contributed by atoms with van der Waals surface area (Å²) in [4.78, 5) is 0. The van der Waals surface area contributed by atoms with E-state index in [-0.39, 0.29) is 0 Å². The third-order valence-corrected chi connectivity index (χ3v) is 2.95. The molecule has 0 aliphatic rings. The molecule has 92 valence electrons. The summed E-state index contributed by atoms with van der Waals surface area (Å²) in [6.07, 6.45) is 9.84. The molecule has 0 fully saturated rings. The highest BCUT2D eigenvalue weighted by Gasteiger charge is 2.05. The van der Waals surface area contributed by atoms with E-state index in [9.17, 15) is 0 Å². The Morgan fingerprint density at radius 1 is 1.19 bits per heavy atom. The molecule has 1 heterocycles. The molecule has 0 spiro atoms. The van der Waals surface area contributed by atoms with Gasteiger partial charge >= 0.3 is 0 Å². The lowest BCUT2D eigenvalue weighted by molar-refractivity contribution is 0.425. The van der Waals surface area contributed by atoms with Crippen molar-refractivity contribution in [3.05, 3.63) is 24.2 Å². The van der Waals surface area contributed by atoms with Crippen molar-refractivity contribution in [2.45, 2.75) is 58.4 Å². The fraction of sp³-hybridized carbons (Fsp3) is 0.714. The highest BCUT2D eigenvalue weighted by Crippen LogP contribution is 2.12. The van der Waals surface area contributed by atoms with Crippen molar-refractivity contribution < 1.29 is 4.42 Å². The molecule has 0 bridgehead atoms. The maximum atomic E-state index is 5.34. The van der Waals surface area contributed by atoms with Crippen molar-refractivity contribution in [1.82, 2.24) is 5.32 Å². The smallest absolute Gasteiger partial charge is 0.120 e. The van der Waals surface area contributed by atoms with Crippen molar-refractivity contribution in [1.29, 1.82) is 0 Å². The first-order valence-corrected chi connectivity index (χ1v) is 6.61. The Hall–Kier alpha value is -0.760. The summed E-state index contributed by atoms with van der Waals surface area (Å²) >= 11 is 0. The van der Waals surface area contributed by atoms with Gasteiger partial charge in [0.1, 0.15) is 5.76 Å². The average molecular weight is 223 g/mol. The SMILES string of the molecule is CCCCCCCCN[C@@H](C)c1ccco1. The first-order chi connectivity index (χ1) is 7.84. The fourth-order valence-corrected chi connectivity index (χ4v) is 1.86. The van der Waals surface area contributed by atoms with Gasteiger partial charge in [-0.05, 0) is 32.0 Å². The van der Waals surface area contributed by atoms with Crippen molar-refractivity contribution in [2.75, 3.05) is 6.54 Å². The quantitative estimate of drug-likeness (QED) is 0.632. The van der Waals surface area contributed by atoms with Gasteiger partial charge in [0.05, 0.1) is 12.3 Å². The van der Waals surface area contributed by atoms with Gasteiger partial charge in [0.2, 0.25) is 0 Å². The summed E-state index contributed by atoms with van der Waals surface area (Å²) in [6, 6.07) is 4.31. The van der Waals surface area contributed by atoms with E-state index in [1.807, 2.05) is 12.1 Å². The van der Waals surface area contributed by atoms with Crippen molar-refractivity contribution in [3.63, 3.8) is 0 Å². The Morgan fingerprint density at radius 3 is 2.62 bits per heavy atom. The van der Waals surface area contributed by atoms with Crippen LogP contribution in [0.3, 0.4) is 0 Å². The van der Waals surface area contributed by atoms with Crippen LogP contribution in [0.15, 0.2) is 22.8 Å². The summed E-state index contributed by atoms with van der Waals surface area (Å²) in [5.74, 6) is 1.03. The van der Waals surface area contributed by atoms with Gasteiger partial charge in [0.15, 0.2) is 0 Å². The van der Waals surface area contributed by atoms with E-state index < -0.39 is 0 Å². The van der Waals surface area contributed by atoms with E-state index in [2.05, 4.69) is 19.2 Å². The highest BCUT2D eigenvalue weighted by atomic mass is 16.3. The predicted molar refractivity (Wildman–Crippen MR) is 68.5 cm³/mol. The van der Waals surface area contributed by atoms with Gasteiger partial charge in [-0.15, -0.1) is 0 Å². The fourth-order valence-electron chi connectivity index (χ4n) is 1.86. The highest BCUT2D eigenvalue weighted by molar-refractivity contribution is 5.02. The number of hydrogen-bond donors (Lipinski definition) is 1. The summed E-state index contributed by atoms with van der Waals surface area (Å²) in [6.45, 7) is 5.50. The average Bonchev–Trinajstić information content (AvgIpc) is 2.81. The molecule has 1 N–H and O–H groups in total. The third kappa shape index (κ3) is 5.36. The van der Waals surface area contributed by atoms with E-state index in [0.29, 0.717) is 6.04 Å². The van der Waals surface area contributed by atoms with Crippen LogP contribution in [0.25, 0.3) is 0 Å². The Bertz CT molecular complexity index is 243. The molecule has 0 radical (unpaired) electrons. The van der Waals surface area contributed by atoms with Gasteiger partial charge in [0, 0.05) is 0 Å². The van der Waals surface area contributed by atoms with Crippen molar-refractivity contribution in [2.24, 2.45) is 0 Å².